The van der Waals surface area contributed by atoms with Gasteiger partial charge in [-0.2, -0.15) is 0 Å². The minimum atomic E-state index is -0.793. The van der Waals surface area contributed by atoms with Gasteiger partial charge in [0.2, 0.25) is 0 Å². The summed E-state index contributed by atoms with van der Waals surface area (Å²) < 4.78 is 0. The maximum absolute atomic E-state index is 12.8. The molecule has 1 atom stereocenters. The third-order valence-corrected chi connectivity index (χ3v) is 6.92. The maximum atomic E-state index is 12.8. The van der Waals surface area contributed by atoms with E-state index in [-0.39, 0.29) is 5.78 Å². The van der Waals surface area contributed by atoms with Crippen LogP contribution in [0.4, 0.5) is 0 Å². The average molecular weight is 444 g/mol. The molecule has 8 heteroatoms. The van der Waals surface area contributed by atoms with Crippen LogP contribution in [0.15, 0.2) is 30.3 Å². The van der Waals surface area contributed by atoms with Gasteiger partial charge in [-0.25, -0.2) is 14.8 Å². The number of nitrogens with zero attached hydrogens (tertiary/aromatic N) is 4. The fourth-order valence-electron chi connectivity index (χ4n) is 5.10. The predicted molar refractivity (Wildman–Crippen MR) is 123 cm³/mol. The zero-order valence-corrected chi connectivity index (χ0v) is 19.2. The van der Waals surface area contributed by atoms with Gasteiger partial charge in [-0.3, -0.25) is 9.69 Å². The summed E-state index contributed by atoms with van der Waals surface area (Å²) in [5.74, 6) is 0.174. The highest BCUT2D eigenvalue weighted by molar-refractivity contribution is 6.01. The molecule has 8 nitrogen and oxygen atoms in total. The number of hydrazine groups is 1. The van der Waals surface area contributed by atoms with E-state index < -0.39 is 12.0 Å². The molecule has 3 saturated heterocycles. The normalized spacial score (nSPS) is 23.7. The lowest BCUT2D eigenvalue weighted by Crippen LogP contribution is -2.58. The van der Waals surface area contributed by atoms with Crippen molar-refractivity contribution in [1.29, 1.82) is 0 Å². The summed E-state index contributed by atoms with van der Waals surface area (Å²) in [6.07, 6.45) is 3.60. The highest BCUT2D eigenvalue weighted by Crippen LogP contribution is 2.23. The first kappa shape index (κ1) is 23.3. The van der Waals surface area contributed by atoms with Crippen LogP contribution in [0.25, 0.3) is 0 Å². The van der Waals surface area contributed by atoms with Gasteiger partial charge in [0.05, 0.1) is 0 Å². The Labute approximate surface area is 191 Å². The minimum absolute atomic E-state index is 0.145. The van der Waals surface area contributed by atoms with Crippen LogP contribution in [0.2, 0.25) is 0 Å². The summed E-state index contributed by atoms with van der Waals surface area (Å²) in [4.78, 5) is 32.5. The standard InChI is InChI=1S/C24H37N5O3/c1-20(30)23(26-13-9-25-10-14-26)24(31)32-29-17-15-28(16-18-29)27-11-7-22(8-12-27)19-21-5-3-2-4-6-21/h2-6,22-23,25H,7-19H2,1H3. The number of Topliss-reactive ketones (excluding diaryl/α,β-unsaturated/α-hetero) is 1. The Morgan fingerprint density at radius 3 is 2.19 bits per heavy atom. The Balaban J connectivity index is 1.19. The molecule has 0 aliphatic carbocycles. The van der Waals surface area contributed by atoms with Crippen LogP contribution in [0, 0.1) is 5.92 Å². The summed E-state index contributed by atoms with van der Waals surface area (Å²) >= 11 is 0. The number of piperazine rings is 2. The zero-order chi connectivity index (χ0) is 22.3. The van der Waals surface area contributed by atoms with Gasteiger partial charge in [0, 0.05) is 65.4 Å². The van der Waals surface area contributed by atoms with Crippen LogP contribution in [0.3, 0.4) is 0 Å². The van der Waals surface area contributed by atoms with Crippen molar-refractivity contribution in [3.63, 3.8) is 0 Å². The van der Waals surface area contributed by atoms with Gasteiger partial charge in [0.1, 0.15) is 0 Å². The molecule has 0 saturated carbocycles. The van der Waals surface area contributed by atoms with E-state index in [0.29, 0.717) is 26.2 Å². The van der Waals surface area contributed by atoms with E-state index in [4.69, 9.17) is 4.84 Å². The average Bonchev–Trinajstić information content (AvgIpc) is 2.81. The van der Waals surface area contributed by atoms with Gasteiger partial charge < -0.3 is 10.2 Å². The predicted octanol–water partition coefficient (Wildman–Crippen LogP) is 0.795. The van der Waals surface area contributed by atoms with Crippen LogP contribution in [0.1, 0.15) is 25.3 Å². The number of carbonyl (C=O) groups excluding carboxylic acids is 2. The van der Waals surface area contributed by atoms with Gasteiger partial charge in [-0.15, -0.1) is 5.06 Å². The summed E-state index contributed by atoms with van der Waals surface area (Å²) in [6, 6.07) is 9.99. The molecule has 1 N–H and O–H groups in total. The second-order valence-corrected chi connectivity index (χ2v) is 9.18. The molecule has 0 amide bonds. The van der Waals surface area contributed by atoms with Crippen molar-refractivity contribution >= 4 is 11.8 Å². The summed E-state index contributed by atoms with van der Waals surface area (Å²) in [6.45, 7) is 9.64. The van der Waals surface area contributed by atoms with Crippen molar-refractivity contribution in [3.05, 3.63) is 35.9 Å². The zero-order valence-electron chi connectivity index (χ0n) is 19.2. The Morgan fingerprint density at radius 1 is 0.938 bits per heavy atom. The van der Waals surface area contributed by atoms with E-state index in [2.05, 4.69) is 45.7 Å². The van der Waals surface area contributed by atoms with Crippen molar-refractivity contribution < 1.29 is 14.4 Å². The SMILES string of the molecule is CC(=O)C(C(=O)ON1CCN(N2CCC(Cc3ccccc3)CC2)CC1)N1CCNCC1. The first-order chi connectivity index (χ1) is 15.6. The van der Waals surface area contributed by atoms with Gasteiger partial charge in [0.25, 0.3) is 0 Å². The second-order valence-electron chi connectivity index (χ2n) is 9.18. The molecule has 0 aromatic heterocycles. The molecule has 4 rings (SSSR count). The third-order valence-electron chi connectivity index (χ3n) is 6.92. The van der Waals surface area contributed by atoms with Crippen molar-refractivity contribution in [2.24, 2.45) is 5.92 Å². The van der Waals surface area contributed by atoms with E-state index in [1.807, 2.05) is 4.90 Å². The lowest BCUT2D eigenvalue weighted by molar-refractivity contribution is -0.213. The smallest absolute Gasteiger partial charge is 0.349 e. The molecular weight excluding hydrogens is 406 g/mol. The number of piperidine rings is 1. The molecule has 0 bridgehead atoms. The maximum Gasteiger partial charge on any atom is 0.349 e. The first-order valence-corrected chi connectivity index (χ1v) is 12.1. The fourth-order valence-corrected chi connectivity index (χ4v) is 5.10. The number of rotatable bonds is 7. The molecule has 1 aromatic carbocycles. The molecule has 3 fully saturated rings. The van der Waals surface area contributed by atoms with E-state index in [0.717, 1.165) is 45.2 Å². The van der Waals surface area contributed by atoms with Crippen molar-refractivity contribution in [2.75, 3.05) is 65.4 Å². The molecule has 176 valence electrons. The highest BCUT2D eigenvalue weighted by Gasteiger charge is 2.35. The quantitative estimate of drug-likeness (QED) is 0.621. The van der Waals surface area contributed by atoms with Gasteiger partial charge in [-0.05, 0) is 37.7 Å². The van der Waals surface area contributed by atoms with Crippen LogP contribution in [-0.4, -0.2) is 103 Å². The third kappa shape index (κ3) is 6.14. The number of ketones is 1. The Morgan fingerprint density at radius 2 is 1.56 bits per heavy atom. The Bertz CT molecular complexity index is 739. The van der Waals surface area contributed by atoms with Crippen LogP contribution in [0.5, 0.6) is 0 Å². The van der Waals surface area contributed by atoms with Gasteiger partial charge in [-0.1, -0.05) is 30.3 Å². The Kier molecular flexibility index (Phi) is 8.26. The number of carbonyl (C=O) groups is 2. The molecule has 3 aliphatic heterocycles. The molecule has 0 spiro atoms. The highest BCUT2D eigenvalue weighted by atomic mass is 16.7. The summed E-state index contributed by atoms with van der Waals surface area (Å²) in [7, 11) is 0. The van der Waals surface area contributed by atoms with E-state index in [1.165, 1.54) is 31.7 Å². The molecule has 1 unspecified atom stereocenters. The van der Waals surface area contributed by atoms with E-state index >= 15 is 0 Å². The molecule has 3 heterocycles. The number of hydroxylamine groups is 2. The monoisotopic (exact) mass is 443 g/mol. The second kappa shape index (κ2) is 11.3. The molecule has 3 aliphatic rings. The van der Waals surface area contributed by atoms with Gasteiger partial charge >= 0.3 is 5.97 Å². The number of hydrogen-bond donors (Lipinski definition) is 1. The first-order valence-electron chi connectivity index (χ1n) is 12.1. The van der Waals surface area contributed by atoms with Crippen molar-refractivity contribution in [3.8, 4) is 0 Å². The summed E-state index contributed by atoms with van der Waals surface area (Å²) in [5.41, 5.74) is 1.44. The molecular formula is C24H37N5O3. The number of nitrogens with one attached hydrogen (secondary N) is 1. The van der Waals surface area contributed by atoms with Crippen LogP contribution in [-0.2, 0) is 20.8 Å². The molecule has 1 aromatic rings. The molecule has 32 heavy (non-hydrogen) atoms. The van der Waals surface area contributed by atoms with Gasteiger partial charge in [0.15, 0.2) is 11.8 Å². The lowest BCUT2D eigenvalue weighted by atomic mass is 9.91. The van der Waals surface area contributed by atoms with E-state index in [1.54, 1.807) is 5.06 Å². The number of benzene rings is 1. The van der Waals surface area contributed by atoms with E-state index in [9.17, 15) is 9.59 Å². The minimum Gasteiger partial charge on any atom is -0.366 e. The van der Waals surface area contributed by atoms with Crippen molar-refractivity contribution in [1.82, 2.24) is 25.3 Å². The topological polar surface area (TPSA) is 68.4 Å². The van der Waals surface area contributed by atoms with Crippen LogP contribution >= 0.6 is 0 Å². The van der Waals surface area contributed by atoms with Crippen molar-refractivity contribution in [2.45, 2.75) is 32.2 Å². The lowest BCUT2D eigenvalue weighted by Gasteiger charge is -2.43. The molecule has 0 radical (unpaired) electrons. The summed E-state index contributed by atoms with van der Waals surface area (Å²) in [5, 5.41) is 9.87. The largest absolute Gasteiger partial charge is 0.366 e. The fraction of sp³-hybridized carbons (Fsp3) is 0.667. The Hall–Kier alpha value is -1.84. The van der Waals surface area contributed by atoms with Crippen LogP contribution < -0.4 is 5.32 Å². The number of hydrogen-bond acceptors (Lipinski definition) is 8.